The number of rotatable bonds is 5. The maximum atomic E-state index is 12.5. The van der Waals surface area contributed by atoms with Crippen LogP contribution in [0.3, 0.4) is 0 Å². The average Bonchev–Trinajstić information content (AvgIpc) is 3.24. The molecule has 8 heteroatoms. The van der Waals surface area contributed by atoms with Gasteiger partial charge in [0.15, 0.2) is 3.01 Å². The first-order valence-electron chi connectivity index (χ1n) is 7.98. The summed E-state index contributed by atoms with van der Waals surface area (Å²) in [6, 6.07) is 13.7. The van der Waals surface area contributed by atoms with Crippen LogP contribution in [-0.4, -0.2) is 25.4 Å². The van der Waals surface area contributed by atoms with E-state index in [-0.39, 0.29) is 5.91 Å². The lowest BCUT2D eigenvalue weighted by molar-refractivity contribution is 0.102. The largest absolute Gasteiger partial charge is 0.310 e. The lowest BCUT2D eigenvalue weighted by atomic mass is 10.2. The molecule has 3 heterocycles. The molecular weight excluding hydrogens is 461 g/mol. The Morgan fingerprint density at radius 2 is 2.00 bits per heavy atom. The first-order chi connectivity index (χ1) is 12.7. The minimum atomic E-state index is -0.251. The number of carbonyl (C=O) groups excluding carboxylic acids is 1. The standard InChI is InChI=1S/C18H14IN5OS/c19-17-21-14(11-26-17)16(25)23-18-22-13-6-1-2-7-15(13)24(18)10-8-12-5-3-4-9-20-12/h1-7,9,11H,8,10H2,(H,22,23,25). The number of nitrogens with one attached hydrogen (secondary N) is 1. The van der Waals surface area contributed by atoms with Crippen molar-refractivity contribution in [3.8, 4) is 0 Å². The number of hydrogen-bond donors (Lipinski definition) is 1. The zero-order valence-corrected chi connectivity index (χ0v) is 16.6. The highest BCUT2D eigenvalue weighted by Crippen LogP contribution is 2.21. The van der Waals surface area contributed by atoms with Crippen molar-refractivity contribution in [1.82, 2.24) is 19.5 Å². The highest BCUT2D eigenvalue weighted by Gasteiger charge is 2.16. The van der Waals surface area contributed by atoms with Crippen LogP contribution in [0.25, 0.3) is 11.0 Å². The third-order valence-corrected chi connectivity index (χ3v) is 5.54. The molecule has 130 valence electrons. The van der Waals surface area contributed by atoms with E-state index in [0.29, 0.717) is 18.2 Å². The number of carbonyl (C=O) groups is 1. The molecule has 6 nitrogen and oxygen atoms in total. The number of benzene rings is 1. The number of thiazole rings is 1. The van der Waals surface area contributed by atoms with E-state index in [9.17, 15) is 4.79 Å². The molecule has 1 aromatic carbocycles. The van der Waals surface area contributed by atoms with E-state index in [1.54, 1.807) is 11.6 Å². The van der Waals surface area contributed by atoms with E-state index in [2.05, 4.69) is 42.9 Å². The van der Waals surface area contributed by atoms with Gasteiger partial charge in [-0.2, -0.15) is 0 Å². The van der Waals surface area contributed by atoms with E-state index < -0.39 is 0 Å². The molecule has 0 aliphatic carbocycles. The number of fused-ring (bicyclic) bond motifs is 1. The van der Waals surface area contributed by atoms with Gasteiger partial charge in [0.05, 0.1) is 11.0 Å². The number of anilines is 1. The van der Waals surface area contributed by atoms with Gasteiger partial charge in [-0.05, 0) is 46.9 Å². The Bertz CT molecular complexity index is 1060. The van der Waals surface area contributed by atoms with Crippen molar-refractivity contribution >= 4 is 56.8 Å². The number of pyridine rings is 1. The second kappa shape index (κ2) is 7.50. The van der Waals surface area contributed by atoms with Gasteiger partial charge in [0, 0.05) is 30.2 Å². The Balaban J connectivity index is 1.64. The molecule has 3 aromatic heterocycles. The minimum absolute atomic E-state index is 0.251. The predicted octanol–water partition coefficient (Wildman–Crippen LogP) is 3.99. The SMILES string of the molecule is O=C(Nc1nc2ccccc2n1CCc1ccccn1)c1csc(I)n1. The van der Waals surface area contributed by atoms with Gasteiger partial charge in [-0.15, -0.1) is 11.3 Å². The molecule has 0 aliphatic heterocycles. The lowest BCUT2D eigenvalue weighted by Crippen LogP contribution is -2.17. The summed E-state index contributed by atoms with van der Waals surface area (Å²) in [5, 5.41) is 4.65. The Kier molecular flexibility index (Phi) is 4.93. The molecule has 26 heavy (non-hydrogen) atoms. The first-order valence-corrected chi connectivity index (χ1v) is 9.94. The van der Waals surface area contributed by atoms with Crippen LogP contribution in [-0.2, 0) is 13.0 Å². The molecule has 0 atom stereocenters. The number of aromatic nitrogens is 4. The van der Waals surface area contributed by atoms with E-state index in [0.717, 1.165) is 26.2 Å². The van der Waals surface area contributed by atoms with E-state index in [1.807, 2.05) is 47.0 Å². The maximum Gasteiger partial charge on any atom is 0.277 e. The fourth-order valence-electron chi connectivity index (χ4n) is 2.69. The van der Waals surface area contributed by atoms with Gasteiger partial charge in [-0.3, -0.25) is 15.1 Å². The molecule has 1 amide bonds. The molecule has 4 rings (SSSR count). The Morgan fingerprint density at radius 1 is 1.15 bits per heavy atom. The van der Waals surface area contributed by atoms with Gasteiger partial charge in [0.25, 0.3) is 5.91 Å². The van der Waals surface area contributed by atoms with Crippen molar-refractivity contribution in [2.24, 2.45) is 0 Å². The molecule has 0 unspecified atom stereocenters. The van der Waals surface area contributed by atoms with Gasteiger partial charge >= 0.3 is 0 Å². The van der Waals surface area contributed by atoms with Crippen molar-refractivity contribution < 1.29 is 4.79 Å². The number of amides is 1. The molecular formula is C18H14IN5OS. The monoisotopic (exact) mass is 475 g/mol. The highest BCUT2D eigenvalue weighted by molar-refractivity contribution is 14.1. The normalized spacial score (nSPS) is 11.0. The van der Waals surface area contributed by atoms with Crippen molar-refractivity contribution in [3.63, 3.8) is 0 Å². The number of aryl methyl sites for hydroxylation is 2. The molecule has 0 aliphatic rings. The number of nitrogens with zero attached hydrogens (tertiary/aromatic N) is 4. The van der Waals surface area contributed by atoms with Gasteiger partial charge in [0.1, 0.15) is 5.69 Å². The minimum Gasteiger partial charge on any atom is -0.310 e. The van der Waals surface area contributed by atoms with Crippen LogP contribution < -0.4 is 5.32 Å². The zero-order chi connectivity index (χ0) is 17.9. The third kappa shape index (κ3) is 3.61. The summed E-state index contributed by atoms with van der Waals surface area (Å²) in [6.07, 6.45) is 2.53. The van der Waals surface area contributed by atoms with Crippen molar-refractivity contribution in [1.29, 1.82) is 0 Å². The van der Waals surface area contributed by atoms with E-state index >= 15 is 0 Å². The lowest BCUT2D eigenvalue weighted by Gasteiger charge is -2.09. The summed E-state index contributed by atoms with van der Waals surface area (Å²) in [5.74, 6) is 0.272. The summed E-state index contributed by atoms with van der Waals surface area (Å²) in [7, 11) is 0. The molecule has 1 N–H and O–H groups in total. The van der Waals surface area contributed by atoms with Crippen LogP contribution >= 0.6 is 33.9 Å². The summed E-state index contributed by atoms with van der Waals surface area (Å²) in [4.78, 5) is 25.7. The van der Waals surface area contributed by atoms with E-state index in [4.69, 9.17) is 0 Å². The second-order valence-electron chi connectivity index (χ2n) is 5.59. The van der Waals surface area contributed by atoms with Crippen LogP contribution in [0.1, 0.15) is 16.2 Å². The van der Waals surface area contributed by atoms with Crippen LogP contribution in [0, 0.1) is 3.01 Å². The van der Waals surface area contributed by atoms with Gasteiger partial charge in [-0.1, -0.05) is 18.2 Å². The van der Waals surface area contributed by atoms with Crippen molar-refractivity contribution in [3.05, 3.63) is 68.4 Å². The number of hydrogen-bond acceptors (Lipinski definition) is 5. The Hall–Kier alpha value is -2.33. The van der Waals surface area contributed by atoms with Gasteiger partial charge in [-0.25, -0.2) is 9.97 Å². The molecule has 0 fully saturated rings. The molecule has 0 spiro atoms. The molecule has 0 saturated heterocycles. The maximum absolute atomic E-state index is 12.5. The smallest absolute Gasteiger partial charge is 0.277 e. The second-order valence-corrected chi connectivity index (χ2v) is 8.20. The average molecular weight is 475 g/mol. The summed E-state index contributed by atoms with van der Waals surface area (Å²) < 4.78 is 2.84. The van der Waals surface area contributed by atoms with E-state index in [1.165, 1.54) is 11.3 Å². The Labute approximate surface area is 167 Å². The summed E-state index contributed by atoms with van der Waals surface area (Å²) >= 11 is 3.54. The summed E-state index contributed by atoms with van der Waals surface area (Å²) in [5.41, 5.74) is 3.22. The first kappa shape index (κ1) is 17.1. The van der Waals surface area contributed by atoms with Crippen LogP contribution in [0.5, 0.6) is 0 Å². The number of imidazole rings is 1. The van der Waals surface area contributed by atoms with Crippen molar-refractivity contribution in [2.75, 3.05) is 5.32 Å². The fourth-order valence-corrected chi connectivity index (χ4v) is 3.85. The van der Waals surface area contributed by atoms with Gasteiger partial charge in [0.2, 0.25) is 5.95 Å². The highest BCUT2D eigenvalue weighted by atomic mass is 127. The predicted molar refractivity (Wildman–Crippen MR) is 110 cm³/mol. The molecule has 4 aromatic rings. The van der Waals surface area contributed by atoms with Gasteiger partial charge < -0.3 is 4.57 Å². The molecule has 0 bridgehead atoms. The fraction of sp³-hybridized carbons (Fsp3) is 0.111. The van der Waals surface area contributed by atoms with Crippen LogP contribution in [0.15, 0.2) is 54.0 Å². The summed E-state index contributed by atoms with van der Waals surface area (Å²) in [6.45, 7) is 0.668. The third-order valence-electron chi connectivity index (χ3n) is 3.91. The van der Waals surface area contributed by atoms with Crippen molar-refractivity contribution in [2.45, 2.75) is 13.0 Å². The number of halogens is 1. The molecule has 0 radical (unpaired) electrons. The molecule has 0 saturated carbocycles. The quantitative estimate of drug-likeness (QED) is 0.444. The van der Waals surface area contributed by atoms with Crippen LogP contribution in [0.2, 0.25) is 0 Å². The number of para-hydroxylation sites is 2. The van der Waals surface area contributed by atoms with Crippen LogP contribution in [0.4, 0.5) is 5.95 Å². The zero-order valence-electron chi connectivity index (χ0n) is 13.6. The topological polar surface area (TPSA) is 72.7 Å². The Morgan fingerprint density at radius 3 is 2.77 bits per heavy atom.